The molecule has 1 heterocycles. The topological polar surface area (TPSA) is 38.5 Å². The number of nitrogens with two attached hydrogens (primary N) is 1. The van der Waals surface area contributed by atoms with Gasteiger partial charge in [-0.3, -0.25) is 0 Å². The van der Waals surface area contributed by atoms with Crippen LogP contribution in [0, 0.1) is 0 Å². The van der Waals surface area contributed by atoms with E-state index in [0.717, 1.165) is 30.2 Å². The Hall–Kier alpha value is -1.03. The Balaban J connectivity index is 2.18. The molecule has 0 atom stereocenters. The third kappa shape index (κ3) is 2.55. The molecule has 16 heavy (non-hydrogen) atoms. The molecule has 0 bridgehead atoms. The largest absolute Gasteiger partial charge is 0.497 e. The van der Waals surface area contributed by atoms with Crippen LogP contribution in [0.15, 0.2) is 18.2 Å². The van der Waals surface area contributed by atoms with Gasteiger partial charge in [-0.25, -0.2) is 0 Å². The van der Waals surface area contributed by atoms with Crippen molar-refractivity contribution in [3.05, 3.63) is 18.2 Å². The lowest BCUT2D eigenvalue weighted by atomic mass is 10.2. The number of thioether (sulfide) groups is 1. The zero-order valence-corrected chi connectivity index (χ0v) is 10.4. The van der Waals surface area contributed by atoms with Crippen molar-refractivity contribution >= 4 is 23.1 Å². The lowest BCUT2D eigenvalue weighted by molar-refractivity contribution is 0.415. The predicted octanol–water partition coefficient (Wildman–Crippen LogP) is 2.22. The summed E-state index contributed by atoms with van der Waals surface area (Å²) in [6.07, 6.45) is 1.23. The zero-order chi connectivity index (χ0) is 11.4. The summed E-state index contributed by atoms with van der Waals surface area (Å²) in [5.41, 5.74) is 8.00. The van der Waals surface area contributed by atoms with Crippen molar-refractivity contribution in [2.45, 2.75) is 6.42 Å². The molecule has 2 rings (SSSR count). The van der Waals surface area contributed by atoms with Crippen molar-refractivity contribution in [1.82, 2.24) is 0 Å². The van der Waals surface area contributed by atoms with Crippen molar-refractivity contribution in [2.24, 2.45) is 0 Å². The van der Waals surface area contributed by atoms with Gasteiger partial charge in [0, 0.05) is 24.9 Å². The van der Waals surface area contributed by atoms with Gasteiger partial charge in [0.2, 0.25) is 0 Å². The van der Waals surface area contributed by atoms with Crippen LogP contribution in [-0.4, -0.2) is 31.7 Å². The third-order valence-electron chi connectivity index (χ3n) is 2.80. The first-order valence-corrected chi connectivity index (χ1v) is 6.73. The molecule has 0 aromatic heterocycles. The van der Waals surface area contributed by atoms with Crippen LogP contribution in [-0.2, 0) is 0 Å². The summed E-state index contributed by atoms with van der Waals surface area (Å²) in [6.45, 7) is 2.19. The van der Waals surface area contributed by atoms with E-state index in [-0.39, 0.29) is 0 Å². The maximum absolute atomic E-state index is 6.05. The molecule has 1 aliphatic heterocycles. The molecule has 0 amide bonds. The van der Waals surface area contributed by atoms with Crippen molar-refractivity contribution in [3.63, 3.8) is 0 Å². The Morgan fingerprint density at radius 2 is 2.19 bits per heavy atom. The maximum Gasteiger partial charge on any atom is 0.121 e. The van der Waals surface area contributed by atoms with Gasteiger partial charge in [0.05, 0.1) is 18.5 Å². The molecule has 0 radical (unpaired) electrons. The summed E-state index contributed by atoms with van der Waals surface area (Å²) in [5.74, 6) is 3.27. The summed E-state index contributed by atoms with van der Waals surface area (Å²) < 4.78 is 5.16. The lowest BCUT2D eigenvalue weighted by Crippen LogP contribution is -2.26. The minimum atomic E-state index is 0.811. The molecule has 0 spiro atoms. The van der Waals surface area contributed by atoms with Crippen LogP contribution in [0.25, 0.3) is 0 Å². The molecule has 3 nitrogen and oxygen atoms in total. The number of nitrogens with zero attached hydrogens (tertiary/aromatic N) is 1. The van der Waals surface area contributed by atoms with E-state index in [1.165, 1.54) is 17.9 Å². The third-order valence-corrected chi connectivity index (χ3v) is 3.85. The van der Waals surface area contributed by atoms with Gasteiger partial charge in [0.25, 0.3) is 0 Å². The van der Waals surface area contributed by atoms with Crippen LogP contribution < -0.4 is 15.4 Å². The lowest BCUT2D eigenvalue weighted by Gasteiger charge is -2.24. The smallest absolute Gasteiger partial charge is 0.121 e. The summed E-state index contributed by atoms with van der Waals surface area (Å²) >= 11 is 2.02. The average Bonchev–Trinajstić information content (AvgIpc) is 2.57. The molecule has 0 aliphatic carbocycles. The van der Waals surface area contributed by atoms with Crippen LogP contribution in [0.4, 0.5) is 11.4 Å². The highest BCUT2D eigenvalue weighted by molar-refractivity contribution is 7.99. The Morgan fingerprint density at radius 3 is 2.94 bits per heavy atom. The summed E-state index contributed by atoms with van der Waals surface area (Å²) in [6, 6.07) is 5.93. The number of anilines is 2. The number of hydrogen-bond acceptors (Lipinski definition) is 4. The number of hydrogen-bond donors (Lipinski definition) is 1. The monoisotopic (exact) mass is 238 g/mol. The second kappa shape index (κ2) is 5.34. The highest BCUT2D eigenvalue weighted by Crippen LogP contribution is 2.29. The zero-order valence-electron chi connectivity index (χ0n) is 9.61. The van der Waals surface area contributed by atoms with Gasteiger partial charge in [0.15, 0.2) is 0 Å². The van der Waals surface area contributed by atoms with E-state index in [9.17, 15) is 0 Å². The minimum Gasteiger partial charge on any atom is -0.497 e. The second-order valence-corrected chi connectivity index (χ2v) is 5.10. The van der Waals surface area contributed by atoms with Crippen LogP contribution in [0.5, 0.6) is 5.75 Å². The molecule has 0 saturated carbocycles. The van der Waals surface area contributed by atoms with Gasteiger partial charge in [-0.1, -0.05) is 0 Å². The van der Waals surface area contributed by atoms with E-state index >= 15 is 0 Å². The van der Waals surface area contributed by atoms with Gasteiger partial charge in [0.1, 0.15) is 5.75 Å². The van der Waals surface area contributed by atoms with Crippen LogP contribution >= 0.6 is 11.8 Å². The molecule has 0 unspecified atom stereocenters. The molecule has 1 aromatic carbocycles. The van der Waals surface area contributed by atoms with Gasteiger partial charge < -0.3 is 15.4 Å². The molecule has 88 valence electrons. The average molecular weight is 238 g/mol. The highest BCUT2D eigenvalue weighted by Gasteiger charge is 2.12. The van der Waals surface area contributed by atoms with E-state index in [4.69, 9.17) is 10.5 Å². The highest BCUT2D eigenvalue weighted by atomic mass is 32.2. The number of ether oxygens (including phenoxy) is 1. The van der Waals surface area contributed by atoms with E-state index in [0.29, 0.717) is 0 Å². The van der Waals surface area contributed by atoms with E-state index in [2.05, 4.69) is 11.0 Å². The first-order valence-electron chi connectivity index (χ1n) is 5.57. The number of methoxy groups -OCH3 is 1. The first kappa shape index (κ1) is 11.5. The van der Waals surface area contributed by atoms with E-state index in [1.54, 1.807) is 7.11 Å². The van der Waals surface area contributed by atoms with E-state index in [1.807, 2.05) is 23.9 Å². The van der Waals surface area contributed by atoms with Crippen molar-refractivity contribution in [3.8, 4) is 5.75 Å². The molecule has 1 aromatic rings. The second-order valence-electron chi connectivity index (χ2n) is 3.88. The van der Waals surface area contributed by atoms with E-state index < -0.39 is 0 Å². The van der Waals surface area contributed by atoms with Crippen molar-refractivity contribution < 1.29 is 4.74 Å². The fourth-order valence-corrected chi connectivity index (χ4v) is 2.82. The maximum atomic E-state index is 6.05. The molecule has 1 saturated heterocycles. The molecule has 2 N–H and O–H groups in total. The SMILES string of the molecule is COc1ccc(N2CCCSCC2)c(N)c1. The summed E-state index contributed by atoms with van der Waals surface area (Å²) in [7, 11) is 1.66. The predicted molar refractivity (Wildman–Crippen MR) is 71.6 cm³/mol. The van der Waals surface area contributed by atoms with Crippen molar-refractivity contribution in [1.29, 1.82) is 0 Å². The Morgan fingerprint density at radius 1 is 1.31 bits per heavy atom. The van der Waals surface area contributed by atoms with Crippen LogP contribution in [0.3, 0.4) is 0 Å². The molecule has 4 heteroatoms. The molecular formula is C12H18N2OS. The first-order chi connectivity index (χ1) is 7.81. The quantitative estimate of drug-likeness (QED) is 0.802. The fraction of sp³-hybridized carbons (Fsp3) is 0.500. The normalized spacial score (nSPS) is 16.9. The van der Waals surface area contributed by atoms with Crippen LogP contribution in [0.1, 0.15) is 6.42 Å². The van der Waals surface area contributed by atoms with Gasteiger partial charge >= 0.3 is 0 Å². The minimum absolute atomic E-state index is 0.811. The number of benzene rings is 1. The fourth-order valence-electron chi connectivity index (χ4n) is 1.93. The van der Waals surface area contributed by atoms with Crippen molar-refractivity contribution in [2.75, 3.05) is 42.3 Å². The molecule has 1 fully saturated rings. The standard InChI is InChI=1S/C12H18N2OS/c1-15-10-3-4-12(11(13)9-10)14-5-2-7-16-8-6-14/h3-4,9H,2,5-8,13H2,1H3. The Bertz CT molecular complexity index is 349. The number of rotatable bonds is 2. The summed E-state index contributed by atoms with van der Waals surface area (Å²) in [4.78, 5) is 2.37. The van der Waals surface area contributed by atoms with Gasteiger partial charge in [-0.05, 0) is 24.3 Å². The van der Waals surface area contributed by atoms with Gasteiger partial charge in [-0.2, -0.15) is 11.8 Å². The Labute approximate surface area is 101 Å². The number of nitrogen functional groups attached to an aromatic ring is 1. The molecule has 1 aliphatic rings. The van der Waals surface area contributed by atoms with Crippen LogP contribution in [0.2, 0.25) is 0 Å². The molecular weight excluding hydrogens is 220 g/mol. The summed E-state index contributed by atoms with van der Waals surface area (Å²) in [5, 5.41) is 0. The Kier molecular flexibility index (Phi) is 3.83. The van der Waals surface area contributed by atoms with Gasteiger partial charge in [-0.15, -0.1) is 0 Å².